The highest BCUT2D eigenvalue weighted by Gasteiger charge is 2.19. The zero-order valence-corrected chi connectivity index (χ0v) is 53.7. The second-order valence-corrected chi connectivity index (χ2v) is 24.5. The average molecular weight is 1110 g/mol. The highest BCUT2D eigenvalue weighted by atomic mass is 16.6. The van der Waals surface area contributed by atoms with Gasteiger partial charge in [0.15, 0.2) is 6.10 Å². The maximum absolute atomic E-state index is 12.9. The number of carbonyl (C=O) groups is 3. The lowest BCUT2D eigenvalue weighted by Crippen LogP contribution is -2.30. The number of ether oxygens (including phenoxy) is 3. The molecule has 0 N–H and O–H groups in total. The number of hydrogen-bond acceptors (Lipinski definition) is 6. The van der Waals surface area contributed by atoms with Gasteiger partial charge in [-0.2, -0.15) is 0 Å². The Morgan fingerprint density at radius 3 is 0.684 bits per heavy atom. The fourth-order valence-electron chi connectivity index (χ4n) is 11.0. The summed E-state index contributed by atoms with van der Waals surface area (Å²) in [6.07, 6.45) is 83.9. The number of rotatable bonds is 67. The van der Waals surface area contributed by atoms with Gasteiger partial charge in [-0.25, -0.2) is 0 Å². The van der Waals surface area contributed by atoms with Gasteiger partial charge in [0.2, 0.25) is 0 Å². The molecule has 466 valence electrons. The van der Waals surface area contributed by atoms with Crippen molar-refractivity contribution in [1.82, 2.24) is 0 Å². The summed E-state index contributed by atoms with van der Waals surface area (Å²) in [5.74, 6) is -0.861. The molecule has 0 fully saturated rings. The first-order valence-electron chi connectivity index (χ1n) is 35.8. The Morgan fingerprint density at radius 2 is 0.443 bits per heavy atom. The predicted octanol–water partition coefficient (Wildman–Crippen LogP) is 24.6. The molecular formula is C73H138O6. The van der Waals surface area contributed by atoms with Gasteiger partial charge in [-0.3, -0.25) is 14.4 Å². The van der Waals surface area contributed by atoms with E-state index >= 15 is 0 Å². The highest BCUT2D eigenvalue weighted by molar-refractivity contribution is 5.71. The van der Waals surface area contributed by atoms with E-state index in [4.69, 9.17) is 14.2 Å². The molecule has 0 heterocycles. The normalized spacial score (nSPS) is 12.1. The maximum Gasteiger partial charge on any atom is 0.306 e. The van der Waals surface area contributed by atoms with E-state index in [2.05, 4.69) is 45.1 Å². The number of allylic oxidation sites excluding steroid dienone is 4. The lowest BCUT2D eigenvalue weighted by Gasteiger charge is -2.18. The zero-order chi connectivity index (χ0) is 57.1. The molecule has 0 aliphatic rings. The predicted molar refractivity (Wildman–Crippen MR) is 344 cm³/mol. The number of unbranched alkanes of at least 4 members (excludes halogenated alkanes) is 52. The highest BCUT2D eigenvalue weighted by Crippen LogP contribution is 2.19. The van der Waals surface area contributed by atoms with Crippen molar-refractivity contribution in [2.75, 3.05) is 13.2 Å². The van der Waals surface area contributed by atoms with Crippen LogP contribution in [-0.2, 0) is 28.6 Å². The van der Waals surface area contributed by atoms with Gasteiger partial charge in [0.1, 0.15) is 13.2 Å². The first-order valence-corrected chi connectivity index (χ1v) is 35.8. The van der Waals surface area contributed by atoms with Crippen molar-refractivity contribution >= 4 is 17.9 Å². The maximum atomic E-state index is 12.9. The van der Waals surface area contributed by atoms with Crippen molar-refractivity contribution < 1.29 is 28.6 Å². The molecule has 0 rings (SSSR count). The van der Waals surface area contributed by atoms with Crippen LogP contribution in [-0.4, -0.2) is 37.2 Å². The van der Waals surface area contributed by atoms with Crippen molar-refractivity contribution in [1.29, 1.82) is 0 Å². The fourth-order valence-corrected chi connectivity index (χ4v) is 11.0. The molecule has 79 heavy (non-hydrogen) atoms. The minimum Gasteiger partial charge on any atom is -0.462 e. The summed E-state index contributed by atoms with van der Waals surface area (Å²) in [5, 5.41) is 0. The van der Waals surface area contributed by atoms with Gasteiger partial charge in [0.05, 0.1) is 0 Å². The van der Waals surface area contributed by atoms with Crippen LogP contribution in [0, 0.1) is 0 Å². The van der Waals surface area contributed by atoms with Crippen molar-refractivity contribution in [3.05, 3.63) is 24.3 Å². The average Bonchev–Trinajstić information content (AvgIpc) is 3.45. The Hall–Kier alpha value is -2.11. The van der Waals surface area contributed by atoms with Crippen LogP contribution in [0.2, 0.25) is 0 Å². The Balaban J connectivity index is 4.00. The van der Waals surface area contributed by atoms with Crippen LogP contribution in [0.5, 0.6) is 0 Å². The van der Waals surface area contributed by atoms with Crippen LogP contribution in [0.1, 0.15) is 406 Å². The number of hydrogen-bond donors (Lipinski definition) is 0. The topological polar surface area (TPSA) is 78.9 Å². The molecule has 6 heteroatoms. The van der Waals surface area contributed by atoms with Gasteiger partial charge >= 0.3 is 17.9 Å². The molecule has 0 saturated heterocycles. The first kappa shape index (κ1) is 76.9. The molecule has 0 aromatic carbocycles. The Morgan fingerprint density at radius 1 is 0.241 bits per heavy atom. The summed E-state index contributed by atoms with van der Waals surface area (Å²) < 4.78 is 16.9. The molecule has 0 aromatic rings. The molecule has 0 aromatic heterocycles. The molecule has 0 saturated carbocycles. The van der Waals surface area contributed by atoms with E-state index < -0.39 is 6.10 Å². The summed E-state index contributed by atoms with van der Waals surface area (Å²) in [6, 6.07) is 0. The standard InChI is InChI=1S/C73H138O6/c1-4-7-10-13-16-19-22-24-26-28-29-30-31-32-33-34-35-36-37-38-39-40-41-42-43-44-46-47-49-51-54-57-60-63-66-72(75)78-69-70(68-77-71(74)65-62-59-56-53-21-18-15-12-9-6-3)79-73(76)67-64-61-58-55-52-50-48-45-27-25-23-20-17-14-11-8-5-2/h12,15,25,27,70H,4-11,13-14,16-24,26,28-69H2,1-3H3/b15-12-,27-25-. The molecule has 0 aliphatic carbocycles. The van der Waals surface area contributed by atoms with Gasteiger partial charge in [-0.1, -0.05) is 347 Å². The lowest BCUT2D eigenvalue weighted by molar-refractivity contribution is -0.167. The summed E-state index contributed by atoms with van der Waals surface area (Å²) in [7, 11) is 0. The van der Waals surface area contributed by atoms with Crippen molar-refractivity contribution in [3.63, 3.8) is 0 Å². The smallest absolute Gasteiger partial charge is 0.306 e. The van der Waals surface area contributed by atoms with Crippen molar-refractivity contribution in [2.24, 2.45) is 0 Å². The summed E-state index contributed by atoms with van der Waals surface area (Å²) in [6.45, 7) is 6.63. The molecule has 0 radical (unpaired) electrons. The van der Waals surface area contributed by atoms with Crippen molar-refractivity contribution in [2.45, 2.75) is 412 Å². The van der Waals surface area contributed by atoms with E-state index in [0.29, 0.717) is 19.3 Å². The molecule has 0 aliphatic heterocycles. The molecule has 1 unspecified atom stereocenters. The van der Waals surface area contributed by atoms with Crippen LogP contribution in [0.15, 0.2) is 24.3 Å². The third kappa shape index (κ3) is 66.6. The number of esters is 3. The van der Waals surface area contributed by atoms with Gasteiger partial charge in [-0.15, -0.1) is 0 Å². The largest absolute Gasteiger partial charge is 0.462 e. The minimum atomic E-state index is -0.774. The fraction of sp³-hybridized carbons (Fsp3) is 0.904. The third-order valence-electron chi connectivity index (χ3n) is 16.4. The second kappa shape index (κ2) is 68.4. The SMILES string of the molecule is CCC/C=C\CCCCCCCC(=O)OCC(COC(=O)CCCCCCCCCCCCCCCCCCCCCCCCCCCCCCCCCCCC)OC(=O)CCCCCCCCC/C=C\CCCCCCCC. The Kier molecular flexibility index (Phi) is 66.6. The van der Waals surface area contributed by atoms with E-state index in [-0.39, 0.29) is 31.1 Å². The van der Waals surface area contributed by atoms with Gasteiger partial charge in [-0.05, 0) is 64.2 Å². The van der Waals surface area contributed by atoms with Crippen LogP contribution < -0.4 is 0 Å². The summed E-state index contributed by atoms with van der Waals surface area (Å²) in [4.78, 5) is 38.2. The Labute approximate surface area is 493 Å². The summed E-state index contributed by atoms with van der Waals surface area (Å²) in [5.41, 5.74) is 0. The van der Waals surface area contributed by atoms with Gasteiger partial charge < -0.3 is 14.2 Å². The van der Waals surface area contributed by atoms with E-state index in [9.17, 15) is 14.4 Å². The monoisotopic (exact) mass is 1110 g/mol. The minimum absolute atomic E-state index is 0.0710. The van der Waals surface area contributed by atoms with Crippen LogP contribution in [0.4, 0.5) is 0 Å². The lowest BCUT2D eigenvalue weighted by atomic mass is 10.0. The van der Waals surface area contributed by atoms with Crippen LogP contribution in [0.3, 0.4) is 0 Å². The molecule has 0 amide bonds. The number of carbonyl (C=O) groups excluding carboxylic acids is 3. The molecule has 6 nitrogen and oxygen atoms in total. The molecule has 0 spiro atoms. The first-order chi connectivity index (χ1) is 39.0. The molecule has 0 bridgehead atoms. The van der Waals surface area contributed by atoms with E-state index in [1.807, 2.05) is 0 Å². The second-order valence-electron chi connectivity index (χ2n) is 24.5. The third-order valence-corrected chi connectivity index (χ3v) is 16.4. The van der Waals surface area contributed by atoms with Crippen LogP contribution >= 0.6 is 0 Å². The van der Waals surface area contributed by atoms with E-state index in [1.165, 1.54) is 295 Å². The van der Waals surface area contributed by atoms with E-state index in [0.717, 1.165) is 70.6 Å². The van der Waals surface area contributed by atoms with Gasteiger partial charge in [0.25, 0.3) is 0 Å². The summed E-state index contributed by atoms with van der Waals surface area (Å²) >= 11 is 0. The Bertz CT molecular complexity index is 1270. The zero-order valence-electron chi connectivity index (χ0n) is 53.7. The van der Waals surface area contributed by atoms with E-state index in [1.54, 1.807) is 0 Å². The quantitative estimate of drug-likeness (QED) is 0.0261. The van der Waals surface area contributed by atoms with Gasteiger partial charge in [0, 0.05) is 19.3 Å². The molecular weight excluding hydrogens is 973 g/mol. The molecule has 1 atom stereocenters. The van der Waals surface area contributed by atoms with Crippen LogP contribution in [0.25, 0.3) is 0 Å². The van der Waals surface area contributed by atoms with Crippen molar-refractivity contribution in [3.8, 4) is 0 Å².